The summed E-state index contributed by atoms with van der Waals surface area (Å²) in [7, 11) is 0. The third-order valence-corrected chi connectivity index (χ3v) is 2.47. The minimum absolute atomic E-state index is 0.00186. The highest BCUT2D eigenvalue weighted by molar-refractivity contribution is 5.66. The summed E-state index contributed by atoms with van der Waals surface area (Å²) < 4.78 is 38.7. The second-order valence-corrected chi connectivity index (χ2v) is 3.72. The third-order valence-electron chi connectivity index (χ3n) is 2.47. The molecule has 0 unspecified atom stereocenters. The van der Waals surface area contributed by atoms with Crippen LogP contribution in [0.4, 0.5) is 13.2 Å². The zero-order chi connectivity index (χ0) is 13.2. The van der Waals surface area contributed by atoms with E-state index in [1.54, 1.807) is 30.3 Å². The average molecular weight is 253 g/mol. The van der Waals surface area contributed by atoms with Crippen LogP contribution >= 0.6 is 0 Å². The smallest absolute Gasteiger partial charge is 0.390 e. The van der Waals surface area contributed by atoms with Gasteiger partial charge in [-0.1, -0.05) is 36.4 Å². The summed E-state index contributed by atoms with van der Waals surface area (Å²) in [4.78, 5) is 3.46. The number of aliphatic hydroxyl groups excluding tert-OH is 1. The van der Waals surface area contributed by atoms with E-state index >= 15 is 0 Å². The standard InChI is InChI=1S/C13H10F3NO/c14-13(15,16)12-11(7-6-10(8-18)17-12)9-4-2-1-3-5-9/h1-7,18H,8H2. The molecule has 0 aliphatic heterocycles. The molecule has 0 spiro atoms. The number of halogens is 3. The summed E-state index contributed by atoms with van der Waals surface area (Å²) in [6, 6.07) is 10.9. The second-order valence-electron chi connectivity index (χ2n) is 3.72. The summed E-state index contributed by atoms with van der Waals surface area (Å²) in [5.41, 5.74) is -0.510. The molecule has 0 radical (unpaired) electrons. The summed E-state index contributed by atoms with van der Waals surface area (Å²) in [5.74, 6) is 0. The van der Waals surface area contributed by atoms with E-state index in [2.05, 4.69) is 4.98 Å². The zero-order valence-electron chi connectivity index (χ0n) is 9.28. The van der Waals surface area contributed by atoms with Crippen LogP contribution in [0.2, 0.25) is 0 Å². The van der Waals surface area contributed by atoms with Crippen LogP contribution in [0.25, 0.3) is 11.1 Å². The van der Waals surface area contributed by atoms with Crippen LogP contribution in [0.3, 0.4) is 0 Å². The third kappa shape index (κ3) is 2.51. The molecule has 0 saturated heterocycles. The maximum atomic E-state index is 12.9. The maximum Gasteiger partial charge on any atom is 0.433 e. The van der Waals surface area contributed by atoms with Crippen molar-refractivity contribution in [3.8, 4) is 11.1 Å². The van der Waals surface area contributed by atoms with Crippen LogP contribution in [0.1, 0.15) is 11.4 Å². The first-order valence-corrected chi connectivity index (χ1v) is 5.26. The zero-order valence-corrected chi connectivity index (χ0v) is 9.28. The number of rotatable bonds is 2. The molecule has 1 aromatic heterocycles. The Morgan fingerprint density at radius 2 is 1.67 bits per heavy atom. The first-order valence-electron chi connectivity index (χ1n) is 5.26. The fourth-order valence-electron chi connectivity index (χ4n) is 1.65. The maximum absolute atomic E-state index is 12.9. The Balaban J connectivity index is 2.61. The van der Waals surface area contributed by atoms with Crippen molar-refractivity contribution < 1.29 is 18.3 Å². The second kappa shape index (κ2) is 4.78. The average Bonchev–Trinajstić information content (AvgIpc) is 2.38. The van der Waals surface area contributed by atoms with Crippen molar-refractivity contribution in [2.24, 2.45) is 0 Å². The molecule has 2 aromatic rings. The summed E-state index contributed by atoms with van der Waals surface area (Å²) in [6.07, 6.45) is -4.55. The number of benzene rings is 1. The van der Waals surface area contributed by atoms with Crippen molar-refractivity contribution in [3.05, 3.63) is 53.9 Å². The Labute approximate surface area is 102 Å². The molecule has 5 heteroatoms. The first kappa shape index (κ1) is 12.6. The normalized spacial score (nSPS) is 11.6. The first-order chi connectivity index (χ1) is 8.52. The van der Waals surface area contributed by atoms with Gasteiger partial charge in [0.1, 0.15) is 0 Å². The summed E-state index contributed by atoms with van der Waals surface area (Å²) in [6.45, 7) is -0.516. The van der Waals surface area contributed by atoms with Gasteiger partial charge in [0, 0.05) is 5.56 Å². The Bertz CT molecular complexity index is 538. The van der Waals surface area contributed by atoms with E-state index in [4.69, 9.17) is 5.11 Å². The monoisotopic (exact) mass is 253 g/mol. The Hall–Kier alpha value is -1.88. The minimum atomic E-state index is -4.55. The Morgan fingerprint density at radius 3 is 2.22 bits per heavy atom. The fraction of sp³-hybridized carbons (Fsp3) is 0.154. The molecule has 0 bridgehead atoms. The topological polar surface area (TPSA) is 33.1 Å². The lowest BCUT2D eigenvalue weighted by molar-refractivity contribution is -0.140. The molecule has 2 rings (SSSR count). The van der Waals surface area contributed by atoms with Gasteiger partial charge in [-0.3, -0.25) is 0 Å². The van der Waals surface area contributed by atoms with Crippen LogP contribution in [-0.4, -0.2) is 10.1 Å². The number of pyridine rings is 1. The van der Waals surface area contributed by atoms with Crippen LogP contribution in [0.15, 0.2) is 42.5 Å². The molecular formula is C13H10F3NO. The van der Waals surface area contributed by atoms with Gasteiger partial charge in [-0.2, -0.15) is 13.2 Å². The van der Waals surface area contributed by atoms with Gasteiger partial charge in [-0.25, -0.2) is 4.98 Å². The van der Waals surface area contributed by atoms with E-state index in [0.717, 1.165) is 0 Å². The highest BCUT2D eigenvalue weighted by Crippen LogP contribution is 2.35. The van der Waals surface area contributed by atoms with Crippen molar-refractivity contribution in [2.75, 3.05) is 0 Å². The van der Waals surface area contributed by atoms with Crippen molar-refractivity contribution >= 4 is 0 Å². The quantitative estimate of drug-likeness (QED) is 0.891. The largest absolute Gasteiger partial charge is 0.433 e. The summed E-state index contributed by atoms with van der Waals surface area (Å²) >= 11 is 0. The van der Waals surface area contributed by atoms with Gasteiger partial charge >= 0.3 is 6.18 Å². The molecule has 0 atom stereocenters. The number of nitrogens with zero attached hydrogens (tertiary/aromatic N) is 1. The van der Waals surface area contributed by atoms with Crippen LogP contribution < -0.4 is 0 Å². The molecule has 1 aromatic carbocycles. The van der Waals surface area contributed by atoms with E-state index in [1.807, 2.05) is 0 Å². The van der Waals surface area contributed by atoms with Crippen molar-refractivity contribution in [2.45, 2.75) is 12.8 Å². The van der Waals surface area contributed by atoms with Gasteiger partial charge in [0.2, 0.25) is 0 Å². The number of hydrogen-bond donors (Lipinski definition) is 1. The molecule has 0 amide bonds. The van der Waals surface area contributed by atoms with Crippen LogP contribution in [-0.2, 0) is 12.8 Å². The van der Waals surface area contributed by atoms with Crippen LogP contribution in [0, 0.1) is 0 Å². The molecule has 94 valence electrons. The SMILES string of the molecule is OCc1ccc(-c2ccccc2)c(C(F)(F)F)n1. The predicted octanol–water partition coefficient (Wildman–Crippen LogP) is 3.26. The molecule has 1 heterocycles. The fourth-order valence-corrected chi connectivity index (χ4v) is 1.65. The van der Waals surface area contributed by atoms with Crippen molar-refractivity contribution in [1.29, 1.82) is 0 Å². The van der Waals surface area contributed by atoms with Crippen molar-refractivity contribution in [1.82, 2.24) is 4.98 Å². The lowest BCUT2D eigenvalue weighted by atomic mass is 10.0. The van der Waals surface area contributed by atoms with Crippen molar-refractivity contribution in [3.63, 3.8) is 0 Å². The Morgan fingerprint density at radius 1 is 1.00 bits per heavy atom. The molecule has 2 nitrogen and oxygen atoms in total. The van der Waals surface area contributed by atoms with E-state index < -0.39 is 18.5 Å². The highest BCUT2D eigenvalue weighted by atomic mass is 19.4. The van der Waals surface area contributed by atoms with E-state index in [0.29, 0.717) is 5.56 Å². The van der Waals surface area contributed by atoms with E-state index in [-0.39, 0.29) is 11.3 Å². The minimum Gasteiger partial charge on any atom is -0.390 e. The number of alkyl halides is 3. The lowest BCUT2D eigenvalue weighted by Crippen LogP contribution is -2.11. The molecule has 0 fully saturated rings. The van der Waals surface area contributed by atoms with E-state index in [1.165, 1.54) is 12.1 Å². The number of hydrogen-bond acceptors (Lipinski definition) is 2. The number of aliphatic hydroxyl groups is 1. The van der Waals surface area contributed by atoms with Gasteiger partial charge in [-0.15, -0.1) is 0 Å². The molecule has 0 saturated carbocycles. The van der Waals surface area contributed by atoms with Gasteiger partial charge in [0.15, 0.2) is 5.69 Å². The van der Waals surface area contributed by atoms with Gasteiger partial charge in [-0.05, 0) is 11.6 Å². The summed E-state index contributed by atoms with van der Waals surface area (Å²) in [5, 5.41) is 8.86. The van der Waals surface area contributed by atoms with Gasteiger partial charge in [0.05, 0.1) is 12.3 Å². The molecule has 1 N–H and O–H groups in total. The van der Waals surface area contributed by atoms with E-state index in [9.17, 15) is 13.2 Å². The van der Waals surface area contributed by atoms with Gasteiger partial charge < -0.3 is 5.11 Å². The molecular weight excluding hydrogens is 243 g/mol. The molecule has 18 heavy (non-hydrogen) atoms. The predicted molar refractivity (Wildman–Crippen MR) is 60.6 cm³/mol. The lowest BCUT2D eigenvalue weighted by Gasteiger charge is -2.13. The Kier molecular flexibility index (Phi) is 3.34. The number of aromatic nitrogens is 1. The molecule has 0 aliphatic carbocycles. The van der Waals surface area contributed by atoms with Gasteiger partial charge in [0.25, 0.3) is 0 Å². The highest BCUT2D eigenvalue weighted by Gasteiger charge is 2.35. The molecule has 0 aliphatic rings. The van der Waals surface area contributed by atoms with Crippen LogP contribution in [0.5, 0.6) is 0 Å².